The van der Waals surface area contributed by atoms with Crippen molar-refractivity contribution in [3.05, 3.63) is 27.2 Å². The molecule has 5 nitrogen and oxygen atoms in total. The van der Waals surface area contributed by atoms with Gasteiger partial charge in [-0.2, -0.15) is 4.73 Å². The van der Waals surface area contributed by atoms with Crippen molar-refractivity contribution < 1.29 is 14.7 Å². The van der Waals surface area contributed by atoms with E-state index in [-0.39, 0.29) is 23.7 Å². The summed E-state index contributed by atoms with van der Waals surface area (Å²) in [5, 5.41) is 9.68. The molecule has 1 heterocycles. The number of fused-ring (bicyclic) bond motifs is 1. The van der Waals surface area contributed by atoms with E-state index in [2.05, 4.69) is 6.92 Å². The van der Waals surface area contributed by atoms with E-state index in [1.165, 1.54) is 39.2 Å². The van der Waals surface area contributed by atoms with Gasteiger partial charge in [0, 0.05) is 5.56 Å². The molecule has 0 saturated carbocycles. The second-order valence-corrected chi connectivity index (χ2v) is 6.95. The molecular formula is C20H33NO4. The van der Waals surface area contributed by atoms with Crippen LogP contribution in [-0.2, 0) is 13.0 Å². The van der Waals surface area contributed by atoms with Crippen molar-refractivity contribution in [2.24, 2.45) is 0 Å². The number of methoxy groups -OCH3 is 1. The summed E-state index contributed by atoms with van der Waals surface area (Å²) in [6.45, 7) is 1.95. The van der Waals surface area contributed by atoms with E-state index in [4.69, 9.17) is 9.57 Å². The van der Waals surface area contributed by atoms with Crippen molar-refractivity contribution in [2.75, 3.05) is 14.2 Å². The summed E-state index contributed by atoms with van der Waals surface area (Å²) in [5.41, 5.74) is 2.11. The van der Waals surface area contributed by atoms with Gasteiger partial charge >= 0.3 is 0 Å². The third-order valence-corrected chi connectivity index (χ3v) is 5.33. The predicted molar refractivity (Wildman–Crippen MR) is 99.4 cm³/mol. The standard InChI is InChI=1S/C20H33NO4/c1-4-5-6-7-8-9-11-15-12-10-13-16-18(15)19(23)20(24-2)17(14-22)21(16)25-3/h15,22H,4-14H2,1-3H3. The Labute approximate surface area is 150 Å². The molecule has 0 bridgehead atoms. The van der Waals surface area contributed by atoms with E-state index < -0.39 is 0 Å². The summed E-state index contributed by atoms with van der Waals surface area (Å²) in [6, 6.07) is 0. The Hall–Kier alpha value is -1.49. The maximum atomic E-state index is 13.0. The van der Waals surface area contributed by atoms with Crippen LogP contribution in [0, 0.1) is 0 Å². The molecule has 25 heavy (non-hydrogen) atoms. The molecule has 0 saturated heterocycles. The molecule has 142 valence electrons. The first kappa shape index (κ1) is 19.8. The lowest BCUT2D eigenvalue weighted by molar-refractivity contribution is 0.122. The molecule has 1 aromatic heterocycles. The van der Waals surface area contributed by atoms with Crippen LogP contribution in [0.25, 0.3) is 0 Å². The van der Waals surface area contributed by atoms with Crippen LogP contribution in [-0.4, -0.2) is 24.1 Å². The van der Waals surface area contributed by atoms with Crippen LogP contribution >= 0.6 is 0 Å². The van der Waals surface area contributed by atoms with E-state index in [0.29, 0.717) is 5.69 Å². The molecule has 5 heteroatoms. The second-order valence-electron chi connectivity index (χ2n) is 6.95. The lowest BCUT2D eigenvalue weighted by Gasteiger charge is -2.29. The fourth-order valence-corrected chi connectivity index (χ4v) is 4.09. The number of unbranched alkanes of at least 4 members (excludes halogenated alkanes) is 5. The van der Waals surface area contributed by atoms with Crippen LogP contribution in [0.5, 0.6) is 5.75 Å². The summed E-state index contributed by atoms with van der Waals surface area (Å²) in [4.78, 5) is 18.5. The van der Waals surface area contributed by atoms with Gasteiger partial charge in [-0.05, 0) is 31.6 Å². The smallest absolute Gasteiger partial charge is 0.227 e. The van der Waals surface area contributed by atoms with E-state index in [9.17, 15) is 9.90 Å². The van der Waals surface area contributed by atoms with Gasteiger partial charge in [-0.25, -0.2) is 0 Å². The molecule has 0 amide bonds. The van der Waals surface area contributed by atoms with E-state index in [1.807, 2.05) is 0 Å². The lowest BCUT2D eigenvalue weighted by atomic mass is 9.81. The second kappa shape index (κ2) is 9.85. The average Bonchev–Trinajstić information content (AvgIpc) is 2.64. The summed E-state index contributed by atoms with van der Waals surface area (Å²) >= 11 is 0. The van der Waals surface area contributed by atoms with Crippen LogP contribution in [0.2, 0.25) is 0 Å². The van der Waals surface area contributed by atoms with Crippen molar-refractivity contribution in [2.45, 2.75) is 83.7 Å². The zero-order valence-electron chi connectivity index (χ0n) is 16.0. The fourth-order valence-electron chi connectivity index (χ4n) is 4.09. The molecule has 0 aromatic carbocycles. The molecule has 1 atom stereocenters. The zero-order valence-corrected chi connectivity index (χ0v) is 16.0. The zero-order chi connectivity index (χ0) is 18.2. The van der Waals surface area contributed by atoms with Gasteiger partial charge in [-0.3, -0.25) is 4.79 Å². The van der Waals surface area contributed by atoms with Crippen molar-refractivity contribution >= 4 is 0 Å². The van der Waals surface area contributed by atoms with Gasteiger partial charge in [0.05, 0.1) is 19.4 Å². The Kier molecular flexibility index (Phi) is 7.82. The van der Waals surface area contributed by atoms with Crippen molar-refractivity contribution in [1.82, 2.24) is 4.73 Å². The van der Waals surface area contributed by atoms with Gasteiger partial charge in [-0.1, -0.05) is 45.4 Å². The highest BCUT2D eigenvalue weighted by Crippen LogP contribution is 2.35. The van der Waals surface area contributed by atoms with Crippen LogP contribution < -0.4 is 15.0 Å². The van der Waals surface area contributed by atoms with E-state index in [1.54, 1.807) is 11.8 Å². The average molecular weight is 351 g/mol. The minimum atomic E-state index is -0.276. The first-order chi connectivity index (χ1) is 12.2. The Morgan fingerprint density at radius 1 is 1.16 bits per heavy atom. The Morgan fingerprint density at radius 2 is 1.88 bits per heavy atom. The normalized spacial score (nSPS) is 16.6. The maximum absolute atomic E-state index is 13.0. The molecule has 1 aliphatic carbocycles. The number of hydrogen-bond acceptors (Lipinski definition) is 4. The minimum Gasteiger partial charge on any atom is -0.491 e. The maximum Gasteiger partial charge on any atom is 0.227 e. The summed E-state index contributed by atoms with van der Waals surface area (Å²) < 4.78 is 6.93. The minimum absolute atomic E-state index is 0.0643. The van der Waals surface area contributed by atoms with Gasteiger partial charge in [0.1, 0.15) is 12.8 Å². The quantitative estimate of drug-likeness (QED) is 0.655. The monoisotopic (exact) mass is 351 g/mol. The van der Waals surface area contributed by atoms with Crippen molar-refractivity contribution in [3.8, 4) is 5.75 Å². The van der Waals surface area contributed by atoms with Gasteiger partial charge in [0.15, 0.2) is 5.75 Å². The van der Waals surface area contributed by atoms with Gasteiger partial charge in [0.25, 0.3) is 0 Å². The molecule has 1 unspecified atom stereocenters. The molecule has 0 spiro atoms. The highest BCUT2D eigenvalue weighted by molar-refractivity contribution is 5.40. The van der Waals surface area contributed by atoms with E-state index in [0.717, 1.165) is 43.4 Å². The largest absolute Gasteiger partial charge is 0.491 e. The van der Waals surface area contributed by atoms with Crippen molar-refractivity contribution in [1.29, 1.82) is 0 Å². The molecule has 0 fully saturated rings. The first-order valence-corrected chi connectivity index (χ1v) is 9.69. The van der Waals surface area contributed by atoms with Crippen LogP contribution in [0.15, 0.2) is 4.79 Å². The molecular weight excluding hydrogens is 318 g/mol. The third kappa shape index (κ3) is 4.38. The number of aliphatic hydroxyl groups is 1. The number of ether oxygens (including phenoxy) is 1. The number of aromatic nitrogens is 1. The fraction of sp³-hybridized carbons (Fsp3) is 0.750. The summed E-state index contributed by atoms with van der Waals surface area (Å²) in [6.07, 6.45) is 11.5. The molecule has 0 radical (unpaired) electrons. The Morgan fingerprint density at radius 3 is 2.52 bits per heavy atom. The highest BCUT2D eigenvalue weighted by Gasteiger charge is 2.30. The van der Waals surface area contributed by atoms with Gasteiger partial charge in [-0.15, -0.1) is 0 Å². The SMILES string of the molecule is CCCCCCCCC1CCCc2c1c(=O)c(OC)c(CO)n2OC. The Balaban J connectivity index is 2.23. The third-order valence-electron chi connectivity index (χ3n) is 5.33. The van der Waals surface area contributed by atoms with Gasteiger partial charge in [0.2, 0.25) is 5.43 Å². The van der Waals surface area contributed by atoms with Crippen LogP contribution in [0.4, 0.5) is 0 Å². The van der Waals surface area contributed by atoms with Crippen LogP contribution in [0.1, 0.15) is 87.6 Å². The molecule has 1 aromatic rings. The molecule has 1 N–H and O–H groups in total. The number of hydrogen-bond donors (Lipinski definition) is 1. The molecule has 0 aliphatic heterocycles. The van der Waals surface area contributed by atoms with Crippen LogP contribution in [0.3, 0.4) is 0 Å². The summed E-state index contributed by atoms with van der Waals surface area (Å²) in [5.74, 6) is 0.489. The lowest BCUT2D eigenvalue weighted by Crippen LogP contribution is -2.31. The number of aliphatic hydroxyl groups excluding tert-OH is 1. The molecule has 1 aliphatic rings. The predicted octanol–water partition coefficient (Wildman–Crippen LogP) is 3.58. The summed E-state index contributed by atoms with van der Waals surface area (Å²) in [7, 11) is 3.05. The highest BCUT2D eigenvalue weighted by atomic mass is 16.6. The topological polar surface area (TPSA) is 60.7 Å². The number of pyridine rings is 1. The first-order valence-electron chi connectivity index (χ1n) is 9.69. The van der Waals surface area contributed by atoms with E-state index >= 15 is 0 Å². The van der Waals surface area contributed by atoms with Gasteiger partial charge < -0.3 is 14.7 Å². The number of rotatable bonds is 10. The molecule has 2 rings (SSSR count). The van der Waals surface area contributed by atoms with Crippen molar-refractivity contribution in [3.63, 3.8) is 0 Å². The Bertz CT molecular complexity index is 609. The number of nitrogens with zero attached hydrogens (tertiary/aromatic N) is 1.